The summed E-state index contributed by atoms with van der Waals surface area (Å²) < 4.78 is 0. The summed E-state index contributed by atoms with van der Waals surface area (Å²) in [6.07, 6.45) is 1.16. The lowest BCUT2D eigenvalue weighted by Crippen LogP contribution is -2.30. The number of aromatic nitrogens is 1. The van der Waals surface area contributed by atoms with E-state index in [0.29, 0.717) is 0 Å². The number of nitrogens with zero attached hydrogens (tertiary/aromatic N) is 1. The van der Waals surface area contributed by atoms with Crippen molar-refractivity contribution in [2.45, 2.75) is 0 Å². The van der Waals surface area contributed by atoms with E-state index in [1.165, 1.54) is 6.07 Å². The van der Waals surface area contributed by atoms with E-state index in [1.807, 2.05) is 0 Å². The molecule has 0 saturated carbocycles. The number of carbonyl (C=O) groups is 2. The second kappa shape index (κ2) is 4.42. The molecule has 0 aliphatic heterocycles. The summed E-state index contributed by atoms with van der Waals surface area (Å²) in [4.78, 5) is 23.9. The molecule has 1 aromatic rings. The summed E-state index contributed by atoms with van der Waals surface area (Å²) in [6, 6.07) is 2.39. The van der Waals surface area contributed by atoms with Crippen LogP contribution >= 0.6 is 12.4 Å². The van der Waals surface area contributed by atoms with E-state index in [-0.39, 0.29) is 12.4 Å². The molecule has 0 atom stereocenters. The molecule has 0 spiro atoms. The zero-order valence-electron chi connectivity index (χ0n) is 6.22. The molecule has 0 N–H and O–H groups in total. The quantitative estimate of drug-likeness (QED) is 0.565. The molecule has 70 valence electrons. The van der Waals surface area contributed by atoms with Crippen molar-refractivity contribution in [1.29, 1.82) is 0 Å². The minimum absolute atomic E-state index is 0. The summed E-state index contributed by atoms with van der Waals surface area (Å²) >= 11 is 0. The van der Waals surface area contributed by atoms with Gasteiger partial charge in [-0.3, -0.25) is 4.98 Å². The van der Waals surface area contributed by atoms with Crippen molar-refractivity contribution in [2.75, 3.05) is 0 Å². The molecule has 0 amide bonds. The van der Waals surface area contributed by atoms with Crippen LogP contribution in [0.1, 0.15) is 20.8 Å². The smallest absolute Gasteiger partial charge is 0.0947 e. The van der Waals surface area contributed by atoms with Gasteiger partial charge in [0.2, 0.25) is 0 Å². The van der Waals surface area contributed by atoms with Crippen molar-refractivity contribution in [3.05, 3.63) is 29.6 Å². The van der Waals surface area contributed by atoms with Gasteiger partial charge in [0.15, 0.2) is 0 Å². The average Bonchev–Trinajstić information content (AvgIpc) is 2.04. The number of carboxylic acid groups (broad SMARTS) is 2. The molecule has 0 fully saturated rings. The summed E-state index contributed by atoms with van der Waals surface area (Å²) in [6.45, 7) is 0. The monoisotopic (exact) mass is 201 g/mol. The summed E-state index contributed by atoms with van der Waals surface area (Å²) in [5.74, 6) is -3.21. The molecular formula is C7H4ClNO4-2. The summed E-state index contributed by atoms with van der Waals surface area (Å²) in [5.41, 5.74) is -1.09. The molecule has 0 aliphatic carbocycles. The molecule has 0 radical (unpaired) electrons. The Morgan fingerprint density at radius 2 is 1.85 bits per heavy atom. The minimum Gasteiger partial charge on any atom is -0.545 e. The van der Waals surface area contributed by atoms with Crippen molar-refractivity contribution in [3.63, 3.8) is 0 Å². The fraction of sp³-hybridized carbons (Fsp3) is 0. The van der Waals surface area contributed by atoms with Crippen LogP contribution in [0.5, 0.6) is 0 Å². The predicted molar refractivity (Wildman–Crippen MR) is 40.1 cm³/mol. The molecule has 5 nitrogen and oxygen atoms in total. The maximum absolute atomic E-state index is 10.3. The third kappa shape index (κ3) is 2.41. The first-order chi connectivity index (χ1) is 5.63. The zero-order valence-corrected chi connectivity index (χ0v) is 7.04. The SMILES string of the molecule is Cl.O=C([O-])c1cccnc1C(=O)[O-]. The van der Waals surface area contributed by atoms with Gasteiger partial charge in [-0.2, -0.15) is 0 Å². The van der Waals surface area contributed by atoms with E-state index in [0.717, 1.165) is 12.3 Å². The van der Waals surface area contributed by atoms with Gasteiger partial charge in [0, 0.05) is 11.8 Å². The highest BCUT2D eigenvalue weighted by atomic mass is 35.5. The van der Waals surface area contributed by atoms with Crippen molar-refractivity contribution in [2.24, 2.45) is 0 Å². The van der Waals surface area contributed by atoms with Gasteiger partial charge in [0.25, 0.3) is 0 Å². The number of rotatable bonds is 2. The highest BCUT2D eigenvalue weighted by Crippen LogP contribution is 2.01. The third-order valence-corrected chi connectivity index (χ3v) is 1.22. The van der Waals surface area contributed by atoms with E-state index < -0.39 is 23.2 Å². The number of halogens is 1. The second-order valence-electron chi connectivity index (χ2n) is 1.97. The van der Waals surface area contributed by atoms with Gasteiger partial charge in [-0.1, -0.05) is 0 Å². The fourth-order valence-corrected chi connectivity index (χ4v) is 0.733. The van der Waals surface area contributed by atoms with Gasteiger partial charge in [0.05, 0.1) is 17.6 Å². The number of hydrogen-bond donors (Lipinski definition) is 0. The molecule has 0 unspecified atom stereocenters. The number of aromatic carboxylic acids is 2. The molecule has 0 aromatic carbocycles. The second-order valence-corrected chi connectivity index (χ2v) is 1.97. The van der Waals surface area contributed by atoms with Crippen molar-refractivity contribution in [3.8, 4) is 0 Å². The Hall–Kier alpha value is -1.62. The maximum Gasteiger partial charge on any atom is 0.0947 e. The first-order valence-electron chi connectivity index (χ1n) is 3.00. The first-order valence-corrected chi connectivity index (χ1v) is 3.00. The fourth-order valence-electron chi connectivity index (χ4n) is 0.733. The topological polar surface area (TPSA) is 93.2 Å². The Morgan fingerprint density at radius 1 is 1.23 bits per heavy atom. The lowest BCUT2D eigenvalue weighted by Gasteiger charge is -2.08. The van der Waals surface area contributed by atoms with Gasteiger partial charge >= 0.3 is 0 Å². The summed E-state index contributed by atoms with van der Waals surface area (Å²) in [7, 11) is 0. The lowest BCUT2D eigenvalue weighted by molar-refractivity contribution is -0.260. The largest absolute Gasteiger partial charge is 0.545 e. The molecule has 1 rings (SSSR count). The van der Waals surface area contributed by atoms with E-state index in [1.54, 1.807) is 0 Å². The van der Waals surface area contributed by atoms with Crippen LogP contribution in [0, 0.1) is 0 Å². The zero-order chi connectivity index (χ0) is 9.14. The number of hydrogen-bond acceptors (Lipinski definition) is 5. The van der Waals surface area contributed by atoms with Gasteiger partial charge in [-0.15, -0.1) is 12.4 Å². The van der Waals surface area contributed by atoms with Gasteiger partial charge < -0.3 is 19.8 Å². The Morgan fingerprint density at radius 3 is 2.23 bits per heavy atom. The maximum atomic E-state index is 10.3. The number of pyridine rings is 1. The molecular weight excluding hydrogens is 198 g/mol. The highest BCUT2D eigenvalue weighted by Gasteiger charge is 2.03. The first kappa shape index (κ1) is 11.4. The van der Waals surface area contributed by atoms with Crippen LogP contribution in [0.4, 0.5) is 0 Å². The molecule has 1 aromatic heterocycles. The van der Waals surface area contributed by atoms with Crippen molar-refractivity contribution in [1.82, 2.24) is 4.98 Å². The molecule has 0 bridgehead atoms. The van der Waals surface area contributed by atoms with Crippen LogP contribution in [-0.4, -0.2) is 16.9 Å². The predicted octanol–water partition coefficient (Wildman–Crippen LogP) is -1.77. The van der Waals surface area contributed by atoms with Crippen LogP contribution in [0.15, 0.2) is 18.3 Å². The molecule has 1 heterocycles. The van der Waals surface area contributed by atoms with Crippen LogP contribution in [0.2, 0.25) is 0 Å². The van der Waals surface area contributed by atoms with Crippen LogP contribution in [0.3, 0.4) is 0 Å². The average molecular weight is 202 g/mol. The van der Waals surface area contributed by atoms with E-state index in [2.05, 4.69) is 4.98 Å². The third-order valence-electron chi connectivity index (χ3n) is 1.22. The van der Waals surface area contributed by atoms with E-state index in [4.69, 9.17) is 0 Å². The van der Waals surface area contributed by atoms with E-state index in [9.17, 15) is 19.8 Å². The van der Waals surface area contributed by atoms with Crippen LogP contribution in [0.25, 0.3) is 0 Å². The standard InChI is InChI=1S/C7H5NO4.ClH/c9-6(10)4-2-1-3-8-5(4)7(11)12;/h1-3H,(H,9,10)(H,11,12);1H/p-2. The molecule has 0 aliphatic rings. The Bertz CT molecular complexity index is 306. The van der Waals surface area contributed by atoms with Gasteiger partial charge in [-0.05, 0) is 12.1 Å². The van der Waals surface area contributed by atoms with Crippen molar-refractivity contribution < 1.29 is 19.8 Å². The van der Waals surface area contributed by atoms with Gasteiger partial charge in [0.1, 0.15) is 0 Å². The van der Waals surface area contributed by atoms with Crippen molar-refractivity contribution >= 4 is 24.3 Å². The Balaban J connectivity index is 0.00000144. The highest BCUT2D eigenvalue weighted by molar-refractivity contribution is 5.98. The number of carboxylic acids is 2. The van der Waals surface area contributed by atoms with Crippen LogP contribution in [-0.2, 0) is 0 Å². The van der Waals surface area contributed by atoms with Crippen LogP contribution < -0.4 is 10.2 Å². The number of carbonyl (C=O) groups excluding carboxylic acids is 2. The Labute approximate surface area is 79.4 Å². The molecule has 13 heavy (non-hydrogen) atoms. The lowest BCUT2D eigenvalue weighted by atomic mass is 10.2. The van der Waals surface area contributed by atoms with E-state index >= 15 is 0 Å². The normalized spacial score (nSPS) is 8.62. The Kier molecular flexibility index (Phi) is 3.87. The molecule has 0 saturated heterocycles. The summed E-state index contributed by atoms with van der Waals surface area (Å²) in [5, 5.41) is 20.5. The molecule has 6 heteroatoms. The minimum atomic E-state index is -1.63. The van der Waals surface area contributed by atoms with Gasteiger partial charge in [-0.25, -0.2) is 0 Å².